The van der Waals surface area contributed by atoms with Crippen molar-refractivity contribution in [2.45, 2.75) is 39.2 Å². The Morgan fingerprint density at radius 1 is 1.32 bits per heavy atom. The van der Waals surface area contributed by atoms with Gasteiger partial charge in [-0.3, -0.25) is 4.79 Å². The Labute approximate surface area is 131 Å². The summed E-state index contributed by atoms with van der Waals surface area (Å²) in [6.45, 7) is 4.76. The molecule has 0 radical (unpaired) electrons. The zero-order valence-electron chi connectivity index (χ0n) is 13.9. The van der Waals surface area contributed by atoms with Crippen LogP contribution in [0.1, 0.15) is 37.5 Å². The van der Waals surface area contributed by atoms with Gasteiger partial charge in [-0.05, 0) is 20.3 Å². The van der Waals surface area contributed by atoms with Crippen LogP contribution in [0.25, 0.3) is 0 Å². The SMILES string of the molecule is Cc1nccn1[C@H](C)CC(=O)N(C)CCCc1nccn1C. The van der Waals surface area contributed by atoms with Crippen LogP contribution in [0, 0.1) is 6.92 Å². The smallest absolute Gasteiger partial charge is 0.224 e. The van der Waals surface area contributed by atoms with Gasteiger partial charge in [0.05, 0.1) is 0 Å². The fourth-order valence-electron chi connectivity index (χ4n) is 2.60. The van der Waals surface area contributed by atoms with Crippen LogP contribution in [0.3, 0.4) is 0 Å². The highest BCUT2D eigenvalue weighted by molar-refractivity contribution is 5.76. The highest BCUT2D eigenvalue weighted by atomic mass is 16.2. The van der Waals surface area contributed by atoms with Gasteiger partial charge in [-0.2, -0.15) is 0 Å². The van der Waals surface area contributed by atoms with Gasteiger partial charge in [0.2, 0.25) is 5.91 Å². The van der Waals surface area contributed by atoms with Crippen molar-refractivity contribution in [3.63, 3.8) is 0 Å². The molecule has 0 spiro atoms. The van der Waals surface area contributed by atoms with Crippen LogP contribution in [0.2, 0.25) is 0 Å². The summed E-state index contributed by atoms with van der Waals surface area (Å²) in [5.41, 5.74) is 0. The van der Waals surface area contributed by atoms with Crippen molar-refractivity contribution < 1.29 is 4.79 Å². The quantitative estimate of drug-likeness (QED) is 0.786. The molecule has 22 heavy (non-hydrogen) atoms. The second-order valence-electron chi connectivity index (χ2n) is 5.81. The number of carbonyl (C=O) groups is 1. The second-order valence-corrected chi connectivity index (χ2v) is 5.81. The second kappa shape index (κ2) is 7.24. The Balaban J connectivity index is 1.77. The third-order valence-corrected chi connectivity index (χ3v) is 4.05. The molecule has 120 valence electrons. The Bertz CT molecular complexity index is 616. The lowest BCUT2D eigenvalue weighted by atomic mass is 10.2. The van der Waals surface area contributed by atoms with Crippen molar-refractivity contribution in [2.24, 2.45) is 7.05 Å². The van der Waals surface area contributed by atoms with E-state index in [2.05, 4.69) is 9.97 Å². The molecule has 0 saturated carbocycles. The molecule has 0 N–H and O–H groups in total. The van der Waals surface area contributed by atoms with Gasteiger partial charge in [0, 0.05) is 64.3 Å². The van der Waals surface area contributed by atoms with Crippen LogP contribution in [0.5, 0.6) is 0 Å². The van der Waals surface area contributed by atoms with Crippen LogP contribution >= 0.6 is 0 Å². The molecule has 0 unspecified atom stereocenters. The van der Waals surface area contributed by atoms with E-state index < -0.39 is 0 Å². The molecule has 0 aromatic carbocycles. The summed E-state index contributed by atoms with van der Waals surface area (Å²) in [4.78, 5) is 22.6. The number of aromatic nitrogens is 4. The van der Waals surface area contributed by atoms with Crippen LogP contribution in [-0.2, 0) is 18.3 Å². The molecular formula is C16H25N5O. The first-order valence-corrected chi connectivity index (χ1v) is 7.68. The molecule has 1 amide bonds. The zero-order valence-corrected chi connectivity index (χ0v) is 13.9. The maximum absolute atomic E-state index is 12.3. The van der Waals surface area contributed by atoms with Crippen molar-refractivity contribution in [1.29, 1.82) is 0 Å². The van der Waals surface area contributed by atoms with Gasteiger partial charge in [-0.1, -0.05) is 0 Å². The monoisotopic (exact) mass is 303 g/mol. The first kappa shape index (κ1) is 16.3. The van der Waals surface area contributed by atoms with Gasteiger partial charge in [-0.25, -0.2) is 9.97 Å². The molecule has 0 aliphatic carbocycles. The zero-order chi connectivity index (χ0) is 16.1. The first-order chi connectivity index (χ1) is 10.5. The molecular weight excluding hydrogens is 278 g/mol. The molecule has 0 saturated heterocycles. The van der Waals surface area contributed by atoms with Crippen LogP contribution in [0.15, 0.2) is 24.8 Å². The fraction of sp³-hybridized carbons (Fsp3) is 0.562. The molecule has 1 atom stereocenters. The van der Waals surface area contributed by atoms with Crippen molar-refractivity contribution in [3.8, 4) is 0 Å². The minimum Gasteiger partial charge on any atom is -0.346 e. The van der Waals surface area contributed by atoms with Crippen LogP contribution in [-0.4, -0.2) is 43.5 Å². The number of carbonyl (C=O) groups excluding carboxylic acids is 1. The maximum Gasteiger partial charge on any atom is 0.224 e. The van der Waals surface area contributed by atoms with Crippen molar-refractivity contribution >= 4 is 5.91 Å². The minimum atomic E-state index is 0.131. The topological polar surface area (TPSA) is 56.0 Å². The summed E-state index contributed by atoms with van der Waals surface area (Å²) in [7, 11) is 3.86. The van der Waals surface area contributed by atoms with Crippen LogP contribution in [0.4, 0.5) is 0 Å². The molecule has 0 aliphatic heterocycles. The highest BCUT2D eigenvalue weighted by Crippen LogP contribution is 2.14. The van der Waals surface area contributed by atoms with E-state index in [0.717, 1.165) is 31.0 Å². The van der Waals surface area contributed by atoms with E-state index in [-0.39, 0.29) is 11.9 Å². The first-order valence-electron chi connectivity index (χ1n) is 7.68. The van der Waals surface area contributed by atoms with Gasteiger partial charge in [0.15, 0.2) is 0 Å². The average Bonchev–Trinajstić information content (AvgIpc) is 3.07. The molecule has 0 aliphatic rings. The molecule has 2 aromatic heterocycles. The van der Waals surface area contributed by atoms with Crippen molar-refractivity contribution in [2.75, 3.05) is 13.6 Å². The van der Waals surface area contributed by atoms with Gasteiger partial charge in [0.1, 0.15) is 11.6 Å². The Kier molecular flexibility index (Phi) is 5.35. The van der Waals surface area contributed by atoms with E-state index in [9.17, 15) is 4.79 Å². The number of rotatable bonds is 7. The van der Waals surface area contributed by atoms with Gasteiger partial charge in [-0.15, -0.1) is 0 Å². The standard InChI is InChI=1S/C16H25N5O/c1-13(21-11-8-17-14(21)2)12-16(22)20(4)9-5-6-15-18-7-10-19(15)3/h7-8,10-11,13H,5-6,9,12H2,1-4H3/t13-/m1/s1. The predicted molar refractivity (Wildman–Crippen MR) is 85.5 cm³/mol. The van der Waals surface area contributed by atoms with Gasteiger partial charge < -0.3 is 14.0 Å². The molecule has 0 bridgehead atoms. The highest BCUT2D eigenvalue weighted by Gasteiger charge is 2.15. The summed E-state index contributed by atoms with van der Waals surface area (Å²) in [5, 5.41) is 0. The lowest BCUT2D eigenvalue weighted by Crippen LogP contribution is -2.30. The van der Waals surface area contributed by atoms with E-state index in [1.165, 1.54) is 0 Å². The minimum absolute atomic E-state index is 0.131. The molecule has 2 rings (SSSR count). The van der Waals surface area contributed by atoms with Crippen LogP contribution < -0.4 is 0 Å². The lowest BCUT2D eigenvalue weighted by molar-refractivity contribution is -0.130. The van der Waals surface area contributed by atoms with E-state index in [1.54, 1.807) is 12.4 Å². The largest absolute Gasteiger partial charge is 0.346 e. The third kappa shape index (κ3) is 3.96. The summed E-state index contributed by atoms with van der Waals surface area (Å²) in [6.07, 6.45) is 9.75. The Morgan fingerprint density at radius 3 is 2.64 bits per heavy atom. The number of imidazole rings is 2. The number of nitrogens with zero attached hydrogens (tertiary/aromatic N) is 5. The molecule has 0 fully saturated rings. The number of hydrogen-bond donors (Lipinski definition) is 0. The average molecular weight is 303 g/mol. The van der Waals surface area contributed by atoms with E-state index in [1.807, 2.05) is 54.4 Å². The predicted octanol–water partition coefficient (Wildman–Crippen LogP) is 1.97. The summed E-state index contributed by atoms with van der Waals surface area (Å²) < 4.78 is 4.06. The van der Waals surface area contributed by atoms with Gasteiger partial charge in [0.25, 0.3) is 0 Å². The summed E-state index contributed by atoms with van der Waals surface area (Å²) >= 11 is 0. The molecule has 2 heterocycles. The number of amides is 1. The Hall–Kier alpha value is -2.11. The normalized spacial score (nSPS) is 12.4. The Morgan fingerprint density at radius 2 is 2.05 bits per heavy atom. The summed E-state index contributed by atoms with van der Waals surface area (Å²) in [6, 6.07) is 0.131. The van der Waals surface area contributed by atoms with Crippen molar-refractivity contribution in [3.05, 3.63) is 36.4 Å². The molecule has 6 heteroatoms. The van der Waals surface area contributed by atoms with Gasteiger partial charge >= 0.3 is 0 Å². The van der Waals surface area contributed by atoms with E-state index in [4.69, 9.17) is 0 Å². The third-order valence-electron chi connectivity index (χ3n) is 4.05. The maximum atomic E-state index is 12.3. The number of aryl methyl sites for hydroxylation is 3. The lowest BCUT2D eigenvalue weighted by Gasteiger charge is -2.21. The van der Waals surface area contributed by atoms with E-state index >= 15 is 0 Å². The molecule has 6 nitrogen and oxygen atoms in total. The fourth-order valence-corrected chi connectivity index (χ4v) is 2.60. The van der Waals surface area contributed by atoms with E-state index in [0.29, 0.717) is 6.42 Å². The number of hydrogen-bond acceptors (Lipinski definition) is 3. The van der Waals surface area contributed by atoms with Crippen molar-refractivity contribution in [1.82, 2.24) is 24.0 Å². The molecule has 2 aromatic rings. The summed E-state index contributed by atoms with van der Waals surface area (Å²) in [5.74, 6) is 2.17.